The van der Waals surface area contributed by atoms with Gasteiger partial charge in [0.05, 0.1) is 40.8 Å². The van der Waals surface area contributed by atoms with E-state index in [0.717, 1.165) is 18.5 Å². The van der Waals surface area contributed by atoms with Crippen molar-refractivity contribution in [2.75, 3.05) is 33.9 Å². The summed E-state index contributed by atoms with van der Waals surface area (Å²) in [6, 6.07) is 14.9. The highest BCUT2D eigenvalue weighted by molar-refractivity contribution is 6.43. The fraction of sp³-hybridized carbons (Fsp3) is 0.323. The molecule has 0 bridgehead atoms. The van der Waals surface area contributed by atoms with E-state index in [1.165, 1.54) is 4.90 Å². The number of aromatic nitrogens is 2. The number of aromatic amines is 1. The number of ether oxygens (including phenoxy) is 2. The second-order valence-electron chi connectivity index (χ2n) is 10.5. The summed E-state index contributed by atoms with van der Waals surface area (Å²) in [7, 11) is 3.23. The maximum atomic E-state index is 13.8. The molecule has 214 valence electrons. The molecule has 8 nitrogen and oxygen atoms in total. The molecule has 0 aliphatic carbocycles. The minimum absolute atomic E-state index is 0.215. The molecule has 0 unspecified atom stereocenters. The molecule has 41 heavy (non-hydrogen) atoms. The molecule has 1 aromatic heterocycles. The molecule has 0 spiro atoms. The minimum atomic E-state index is -0.884. The van der Waals surface area contributed by atoms with Gasteiger partial charge in [-0.25, -0.2) is 4.98 Å². The maximum Gasteiger partial charge on any atom is 0.263 e. The first kappa shape index (κ1) is 28.9. The quantitative estimate of drug-likeness (QED) is 0.172. The van der Waals surface area contributed by atoms with Crippen molar-refractivity contribution < 1.29 is 19.1 Å². The molecular weight excluding hydrogens is 563 g/mol. The number of hydrogen-bond donors (Lipinski definition) is 2. The molecule has 1 aliphatic heterocycles. The summed E-state index contributed by atoms with van der Waals surface area (Å²) in [6.45, 7) is 5.40. The fourth-order valence-corrected chi connectivity index (χ4v) is 5.66. The summed E-state index contributed by atoms with van der Waals surface area (Å²) in [4.78, 5) is 36.6. The highest BCUT2D eigenvalue weighted by atomic mass is 35.5. The van der Waals surface area contributed by atoms with Gasteiger partial charge in [0.1, 0.15) is 11.3 Å². The monoisotopic (exact) mass is 594 g/mol. The van der Waals surface area contributed by atoms with Crippen LogP contribution in [0.1, 0.15) is 41.8 Å². The highest BCUT2D eigenvalue weighted by Crippen LogP contribution is 2.39. The van der Waals surface area contributed by atoms with Gasteiger partial charge in [-0.1, -0.05) is 41.4 Å². The van der Waals surface area contributed by atoms with Gasteiger partial charge in [0.25, 0.3) is 5.91 Å². The lowest BCUT2D eigenvalue weighted by Gasteiger charge is -2.37. The van der Waals surface area contributed by atoms with Crippen LogP contribution in [0.2, 0.25) is 10.0 Å². The van der Waals surface area contributed by atoms with Crippen LogP contribution in [-0.4, -0.2) is 60.5 Å². The Morgan fingerprint density at radius 1 is 1.00 bits per heavy atom. The molecule has 2 heterocycles. The van der Waals surface area contributed by atoms with Crippen LogP contribution in [-0.2, 0) is 16.6 Å². The van der Waals surface area contributed by atoms with Gasteiger partial charge in [0, 0.05) is 12.1 Å². The number of hydrogen-bond acceptors (Lipinski definition) is 6. The van der Waals surface area contributed by atoms with Gasteiger partial charge in [-0.2, -0.15) is 0 Å². The second kappa shape index (κ2) is 11.7. The predicted octanol–water partition coefficient (Wildman–Crippen LogP) is 6.04. The number of carbonyl (C=O) groups is 2. The molecular formula is C31H32Cl2N4O4. The number of fused-ring (bicyclic) bond motifs is 3. The van der Waals surface area contributed by atoms with E-state index in [0.29, 0.717) is 74.6 Å². The lowest BCUT2D eigenvalue weighted by atomic mass is 9.76. The summed E-state index contributed by atoms with van der Waals surface area (Å²) in [5, 5.41) is 4.20. The van der Waals surface area contributed by atoms with E-state index >= 15 is 0 Å². The van der Waals surface area contributed by atoms with Gasteiger partial charge in [0.2, 0.25) is 5.91 Å². The SMILES string of the molecule is COc1ccc(CCNCCCN2C(=O)c3c(ccc4[nH]c(-c5cccc(Cl)c5Cl)nc34)C(C)(C)C2=O)cc1OC. The number of nitrogens with zero attached hydrogens (tertiary/aromatic N) is 2. The molecule has 0 atom stereocenters. The van der Waals surface area contributed by atoms with Gasteiger partial charge >= 0.3 is 0 Å². The van der Waals surface area contributed by atoms with Crippen LogP contribution in [0.3, 0.4) is 0 Å². The van der Waals surface area contributed by atoms with Crippen LogP contribution in [0.5, 0.6) is 11.5 Å². The van der Waals surface area contributed by atoms with Crippen LogP contribution in [0.4, 0.5) is 0 Å². The summed E-state index contributed by atoms with van der Waals surface area (Å²) >= 11 is 12.7. The predicted molar refractivity (Wildman–Crippen MR) is 161 cm³/mol. The summed E-state index contributed by atoms with van der Waals surface area (Å²) in [5.74, 6) is 1.35. The van der Waals surface area contributed by atoms with Gasteiger partial charge < -0.3 is 19.8 Å². The molecule has 3 aromatic carbocycles. The first-order valence-corrected chi connectivity index (χ1v) is 14.2. The number of imide groups is 1. The Morgan fingerprint density at radius 2 is 1.78 bits per heavy atom. The zero-order valence-corrected chi connectivity index (χ0v) is 24.9. The maximum absolute atomic E-state index is 13.8. The third kappa shape index (κ3) is 5.39. The van der Waals surface area contributed by atoms with Gasteiger partial charge in [-0.3, -0.25) is 14.5 Å². The molecule has 10 heteroatoms. The molecule has 4 aromatic rings. The van der Waals surface area contributed by atoms with Crippen molar-refractivity contribution in [2.45, 2.75) is 32.1 Å². The molecule has 2 amide bonds. The number of benzene rings is 3. The Kier molecular flexibility index (Phi) is 8.27. The summed E-state index contributed by atoms with van der Waals surface area (Å²) < 4.78 is 10.7. The van der Waals surface area contributed by atoms with Crippen molar-refractivity contribution in [3.63, 3.8) is 0 Å². The topological polar surface area (TPSA) is 96.5 Å². The number of amides is 2. The number of methoxy groups -OCH3 is 2. The van der Waals surface area contributed by atoms with Crippen molar-refractivity contribution in [1.29, 1.82) is 0 Å². The van der Waals surface area contributed by atoms with E-state index in [-0.39, 0.29) is 11.8 Å². The molecule has 2 N–H and O–H groups in total. The highest BCUT2D eigenvalue weighted by Gasteiger charge is 2.45. The summed E-state index contributed by atoms with van der Waals surface area (Å²) in [6.07, 6.45) is 1.42. The standard InChI is InChI=1S/C31H32Cl2N4O4/c1-31(2)20-10-11-22-27(36-28(35-22)19-7-5-8-21(32)26(19)33)25(20)29(38)37(30(31)39)16-6-14-34-15-13-18-9-12-23(40-3)24(17-18)41-4/h5,7-12,17,34H,6,13-16H2,1-4H3,(H,35,36). The number of nitrogens with one attached hydrogen (secondary N) is 2. The Bertz CT molecular complexity index is 1630. The molecule has 0 saturated heterocycles. The molecule has 0 saturated carbocycles. The van der Waals surface area contributed by atoms with E-state index < -0.39 is 5.41 Å². The molecule has 5 rings (SSSR count). The molecule has 0 radical (unpaired) electrons. The number of imidazole rings is 1. The first-order chi connectivity index (χ1) is 19.7. The van der Waals surface area contributed by atoms with Crippen molar-refractivity contribution in [3.05, 3.63) is 75.3 Å². The zero-order valence-electron chi connectivity index (χ0n) is 23.4. The average molecular weight is 596 g/mol. The lowest BCUT2D eigenvalue weighted by molar-refractivity contribution is -0.134. The molecule has 1 aliphatic rings. The van der Waals surface area contributed by atoms with Crippen LogP contribution in [0.15, 0.2) is 48.5 Å². The van der Waals surface area contributed by atoms with Crippen molar-refractivity contribution >= 4 is 46.0 Å². The van der Waals surface area contributed by atoms with Crippen molar-refractivity contribution in [3.8, 4) is 22.9 Å². The van der Waals surface area contributed by atoms with E-state index in [2.05, 4.69) is 10.3 Å². The smallest absolute Gasteiger partial charge is 0.263 e. The normalized spacial score (nSPS) is 14.4. The average Bonchev–Trinajstić information content (AvgIpc) is 3.40. The van der Waals surface area contributed by atoms with Gasteiger partial charge in [0.15, 0.2) is 11.5 Å². The van der Waals surface area contributed by atoms with E-state index in [1.807, 2.05) is 50.2 Å². The Hall–Kier alpha value is -3.59. The fourth-order valence-electron chi connectivity index (χ4n) is 5.27. The van der Waals surface area contributed by atoms with Crippen LogP contribution in [0, 0.1) is 0 Å². The second-order valence-corrected chi connectivity index (χ2v) is 11.3. The van der Waals surface area contributed by atoms with E-state index in [1.54, 1.807) is 26.4 Å². The van der Waals surface area contributed by atoms with Gasteiger partial charge in [-0.05, 0) is 81.2 Å². The Labute approximate surface area is 248 Å². The van der Waals surface area contributed by atoms with Crippen molar-refractivity contribution in [2.24, 2.45) is 0 Å². The number of halogens is 2. The number of rotatable bonds is 10. The largest absolute Gasteiger partial charge is 0.493 e. The van der Waals surface area contributed by atoms with Crippen LogP contribution >= 0.6 is 23.2 Å². The van der Waals surface area contributed by atoms with E-state index in [9.17, 15) is 9.59 Å². The zero-order chi connectivity index (χ0) is 29.3. The van der Waals surface area contributed by atoms with Crippen LogP contribution < -0.4 is 14.8 Å². The lowest BCUT2D eigenvalue weighted by Crippen LogP contribution is -2.52. The number of H-pyrrole nitrogens is 1. The molecule has 0 fully saturated rings. The Morgan fingerprint density at radius 3 is 2.54 bits per heavy atom. The summed E-state index contributed by atoms with van der Waals surface area (Å²) in [5.41, 5.74) is 3.18. The van der Waals surface area contributed by atoms with Crippen molar-refractivity contribution in [1.82, 2.24) is 20.2 Å². The van der Waals surface area contributed by atoms with Crippen LogP contribution in [0.25, 0.3) is 22.4 Å². The number of carbonyl (C=O) groups excluding carboxylic acids is 2. The third-order valence-corrected chi connectivity index (χ3v) is 8.37. The Balaban J connectivity index is 1.29. The first-order valence-electron chi connectivity index (χ1n) is 13.4. The third-order valence-electron chi connectivity index (χ3n) is 7.55. The minimum Gasteiger partial charge on any atom is -0.493 e. The van der Waals surface area contributed by atoms with E-state index in [4.69, 9.17) is 37.7 Å². The van der Waals surface area contributed by atoms with Gasteiger partial charge in [-0.15, -0.1) is 0 Å².